The van der Waals surface area contributed by atoms with Crippen LogP contribution in [0.3, 0.4) is 0 Å². The minimum absolute atomic E-state index is 0.249. The van der Waals surface area contributed by atoms with Crippen LogP contribution in [0.5, 0.6) is 0 Å². The molecule has 4 aromatic rings. The molecule has 0 saturated heterocycles. The van der Waals surface area contributed by atoms with E-state index < -0.39 is 10.0 Å². The monoisotopic (exact) mass is 438 g/mol. The summed E-state index contributed by atoms with van der Waals surface area (Å²) in [5.41, 5.74) is 0.547. The lowest BCUT2D eigenvalue weighted by Gasteiger charge is -2.25. The Labute approximate surface area is 178 Å². The van der Waals surface area contributed by atoms with Gasteiger partial charge < -0.3 is 9.32 Å². The van der Waals surface area contributed by atoms with E-state index in [1.807, 2.05) is 35.7 Å². The minimum Gasteiger partial charge on any atom is -0.467 e. The normalized spacial score (nSPS) is 14.3. The maximum atomic E-state index is 13.3. The number of thiophene rings is 1. The van der Waals surface area contributed by atoms with Gasteiger partial charge in [0.2, 0.25) is 5.91 Å². The van der Waals surface area contributed by atoms with Gasteiger partial charge in [-0.25, -0.2) is 8.42 Å². The summed E-state index contributed by atoms with van der Waals surface area (Å²) < 4.78 is 33.0. The average molecular weight is 439 g/mol. The number of hydrogen-bond donors (Lipinski definition) is 0. The number of carbonyl (C=O) groups is 1. The molecule has 1 amide bonds. The van der Waals surface area contributed by atoms with E-state index in [1.54, 1.807) is 52.8 Å². The molecule has 0 unspecified atom stereocenters. The molecule has 0 spiro atoms. The van der Waals surface area contributed by atoms with Crippen molar-refractivity contribution in [2.24, 2.45) is 0 Å². The van der Waals surface area contributed by atoms with E-state index >= 15 is 0 Å². The van der Waals surface area contributed by atoms with Gasteiger partial charge in [0.15, 0.2) is 0 Å². The van der Waals surface area contributed by atoms with Crippen LogP contribution in [0.2, 0.25) is 0 Å². The lowest BCUT2D eigenvalue weighted by molar-refractivity contribution is -0.131. The highest BCUT2D eigenvalue weighted by Crippen LogP contribution is 2.41. The second-order valence-corrected chi connectivity index (χ2v) is 9.91. The fourth-order valence-corrected chi connectivity index (χ4v) is 6.14. The summed E-state index contributed by atoms with van der Waals surface area (Å²) in [7, 11) is -3.79. The first kappa shape index (κ1) is 18.9. The van der Waals surface area contributed by atoms with Crippen LogP contribution in [-0.4, -0.2) is 25.8 Å². The zero-order valence-corrected chi connectivity index (χ0v) is 17.5. The van der Waals surface area contributed by atoms with E-state index in [0.29, 0.717) is 23.4 Å². The van der Waals surface area contributed by atoms with Crippen LogP contribution in [0.25, 0.3) is 10.8 Å². The van der Waals surface area contributed by atoms with E-state index in [0.717, 1.165) is 10.3 Å². The Bertz CT molecular complexity index is 1270. The number of anilines is 1. The molecular formula is C22H18N2O4S2. The zero-order chi connectivity index (χ0) is 20.7. The number of carbonyl (C=O) groups excluding carboxylic acids is 1. The second kappa shape index (κ2) is 7.30. The van der Waals surface area contributed by atoms with Crippen molar-refractivity contribution in [1.82, 2.24) is 4.90 Å². The first-order valence-electron chi connectivity index (χ1n) is 9.41. The van der Waals surface area contributed by atoms with Crippen molar-refractivity contribution >= 4 is 43.7 Å². The number of amides is 1. The van der Waals surface area contributed by atoms with E-state index in [9.17, 15) is 13.2 Å². The van der Waals surface area contributed by atoms with Crippen molar-refractivity contribution < 1.29 is 17.6 Å². The Balaban J connectivity index is 1.47. The number of nitrogens with zero attached hydrogens (tertiary/aromatic N) is 2. The first-order chi connectivity index (χ1) is 14.5. The summed E-state index contributed by atoms with van der Waals surface area (Å²) in [5.74, 6) is 0.364. The third-order valence-electron chi connectivity index (χ3n) is 5.17. The molecule has 2 aromatic heterocycles. The van der Waals surface area contributed by atoms with E-state index in [1.165, 1.54) is 4.31 Å². The van der Waals surface area contributed by atoms with Crippen LogP contribution in [0, 0.1) is 0 Å². The summed E-state index contributed by atoms with van der Waals surface area (Å²) in [4.78, 5) is 16.2. The van der Waals surface area contributed by atoms with Crippen molar-refractivity contribution in [3.63, 3.8) is 0 Å². The summed E-state index contributed by atoms with van der Waals surface area (Å²) >= 11 is 1.55. The summed E-state index contributed by atoms with van der Waals surface area (Å²) in [5, 5.41) is 3.46. The Kier molecular flexibility index (Phi) is 4.60. The van der Waals surface area contributed by atoms with Gasteiger partial charge in [0.1, 0.15) is 12.3 Å². The fraction of sp³-hybridized carbons (Fsp3) is 0.136. The molecule has 5 rings (SSSR count). The Hall–Kier alpha value is -3.10. The maximum absolute atomic E-state index is 13.3. The summed E-state index contributed by atoms with van der Waals surface area (Å²) in [6, 6.07) is 18.1. The number of sulfonamides is 1. The predicted octanol–water partition coefficient (Wildman–Crippen LogP) is 4.23. The van der Waals surface area contributed by atoms with E-state index in [4.69, 9.17) is 4.42 Å². The predicted molar refractivity (Wildman–Crippen MR) is 116 cm³/mol. The summed E-state index contributed by atoms with van der Waals surface area (Å²) in [6.07, 6.45) is 1.56. The lowest BCUT2D eigenvalue weighted by atomic mass is 10.1. The van der Waals surface area contributed by atoms with E-state index in [2.05, 4.69) is 0 Å². The van der Waals surface area contributed by atoms with Crippen LogP contribution < -0.4 is 4.31 Å². The van der Waals surface area contributed by atoms with Crippen LogP contribution >= 0.6 is 11.3 Å². The average Bonchev–Trinajstić information content (AvgIpc) is 3.47. The lowest BCUT2D eigenvalue weighted by Crippen LogP contribution is -2.41. The second-order valence-electron chi connectivity index (χ2n) is 7.05. The molecule has 6 nitrogen and oxygen atoms in total. The molecule has 8 heteroatoms. The highest BCUT2D eigenvalue weighted by Gasteiger charge is 2.37. The molecule has 0 radical (unpaired) electrons. The molecule has 1 aliphatic rings. The van der Waals surface area contributed by atoms with Crippen LogP contribution in [0.1, 0.15) is 10.6 Å². The molecule has 0 aliphatic carbocycles. The van der Waals surface area contributed by atoms with Gasteiger partial charge in [-0.15, -0.1) is 11.3 Å². The van der Waals surface area contributed by atoms with Crippen molar-refractivity contribution in [1.29, 1.82) is 0 Å². The Morgan fingerprint density at radius 3 is 2.57 bits per heavy atom. The molecular weight excluding hydrogens is 420 g/mol. The third kappa shape index (κ3) is 3.18. The van der Waals surface area contributed by atoms with Crippen molar-refractivity contribution in [2.45, 2.75) is 18.0 Å². The number of rotatable bonds is 6. The molecule has 0 N–H and O–H groups in total. The molecule has 0 fully saturated rings. The van der Waals surface area contributed by atoms with Gasteiger partial charge in [-0.3, -0.25) is 9.10 Å². The molecule has 0 saturated carbocycles. The van der Waals surface area contributed by atoms with Crippen LogP contribution in [0.4, 0.5) is 5.69 Å². The fourth-order valence-electron chi connectivity index (χ4n) is 3.76. The smallest absolute Gasteiger partial charge is 0.265 e. The number of benzene rings is 2. The molecule has 3 heterocycles. The molecule has 1 aliphatic heterocycles. The van der Waals surface area contributed by atoms with Crippen molar-refractivity contribution in [3.8, 4) is 0 Å². The molecule has 2 aromatic carbocycles. The van der Waals surface area contributed by atoms with Gasteiger partial charge in [0.25, 0.3) is 10.0 Å². The van der Waals surface area contributed by atoms with Gasteiger partial charge >= 0.3 is 0 Å². The van der Waals surface area contributed by atoms with Crippen LogP contribution in [-0.2, 0) is 27.9 Å². The number of hydrogen-bond acceptors (Lipinski definition) is 5. The van der Waals surface area contributed by atoms with Crippen molar-refractivity contribution in [3.05, 3.63) is 82.9 Å². The van der Waals surface area contributed by atoms with Crippen LogP contribution in [0.15, 0.2) is 81.6 Å². The highest BCUT2D eigenvalue weighted by molar-refractivity contribution is 7.93. The first-order valence-corrected chi connectivity index (χ1v) is 11.7. The Morgan fingerprint density at radius 1 is 1.00 bits per heavy atom. The van der Waals surface area contributed by atoms with Gasteiger partial charge in [-0.1, -0.05) is 30.3 Å². The Morgan fingerprint density at radius 2 is 1.83 bits per heavy atom. The largest absolute Gasteiger partial charge is 0.467 e. The van der Waals surface area contributed by atoms with Crippen molar-refractivity contribution in [2.75, 3.05) is 10.8 Å². The van der Waals surface area contributed by atoms with Gasteiger partial charge in [-0.2, -0.15) is 0 Å². The standard InChI is InChI=1S/C22H18N2O4S2/c25-21(23(13-17-7-3-11-28-17)14-18-8-4-12-29-18)15-24-19-9-1-5-16-6-2-10-20(22(16)19)30(24,26)27/h1-12H,13-15H2. The third-order valence-corrected chi connectivity index (χ3v) is 7.83. The molecule has 0 bridgehead atoms. The topological polar surface area (TPSA) is 70.8 Å². The molecule has 0 atom stereocenters. The van der Waals surface area contributed by atoms with Gasteiger partial charge in [0, 0.05) is 10.3 Å². The summed E-state index contributed by atoms with van der Waals surface area (Å²) in [6.45, 7) is 0.402. The van der Waals surface area contributed by atoms with E-state index in [-0.39, 0.29) is 23.9 Å². The number of furan rings is 1. The van der Waals surface area contributed by atoms with Gasteiger partial charge in [-0.05, 0) is 41.1 Å². The SMILES string of the molecule is O=C(CN1c2cccc3cccc(c23)S1(=O)=O)N(Cc1ccco1)Cc1cccs1. The quantitative estimate of drug-likeness (QED) is 0.452. The minimum atomic E-state index is -3.79. The zero-order valence-electron chi connectivity index (χ0n) is 15.9. The molecule has 152 valence electrons. The highest BCUT2D eigenvalue weighted by atomic mass is 32.2. The van der Waals surface area contributed by atoms with Gasteiger partial charge in [0.05, 0.1) is 29.9 Å². The maximum Gasteiger partial charge on any atom is 0.265 e. The molecule has 30 heavy (non-hydrogen) atoms.